The lowest BCUT2D eigenvalue weighted by Gasteiger charge is -2.34. The number of anilines is 2. The SMILES string of the molecule is CN1CCN(c2ccc(N3C(=O)C(=O)/C(=C(\O)c4ccc([N+](=O)[O-])cc4)C3c3cccs3)cc2)CC1. The Morgan fingerprint density at radius 2 is 1.61 bits per heavy atom. The molecule has 0 bridgehead atoms. The van der Waals surface area contributed by atoms with Crippen molar-refractivity contribution in [2.24, 2.45) is 0 Å². The summed E-state index contributed by atoms with van der Waals surface area (Å²) in [6.07, 6.45) is 0. The van der Waals surface area contributed by atoms with E-state index in [-0.39, 0.29) is 22.6 Å². The van der Waals surface area contributed by atoms with Crippen molar-refractivity contribution in [3.63, 3.8) is 0 Å². The zero-order chi connectivity index (χ0) is 25.4. The third-order valence-electron chi connectivity index (χ3n) is 6.60. The van der Waals surface area contributed by atoms with Gasteiger partial charge in [-0.2, -0.15) is 0 Å². The summed E-state index contributed by atoms with van der Waals surface area (Å²) in [7, 11) is 2.10. The van der Waals surface area contributed by atoms with Crippen LogP contribution in [0.2, 0.25) is 0 Å². The molecule has 1 aromatic heterocycles. The van der Waals surface area contributed by atoms with E-state index >= 15 is 0 Å². The Morgan fingerprint density at radius 3 is 2.19 bits per heavy atom. The molecular weight excluding hydrogens is 480 g/mol. The Labute approximate surface area is 211 Å². The lowest BCUT2D eigenvalue weighted by molar-refractivity contribution is -0.384. The van der Waals surface area contributed by atoms with Crippen LogP contribution in [-0.2, 0) is 9.59 Å². The molecule has 0 saturated carbocycles. The number of hydrogen-bond acceptors (Lipinski definition) is 8. The number of nitrogens with zero attached hydrogens (tertiary/aromatic N) is 4. The number of hydrogen-bond donors (Lipinski definition) is 1. The average Bonchev–Trinajstić information content (AvgIpc) is 3.51. The maximum atomic E-state index is 13.3. The van der Waals surface area contributed by atoms with Gasteiger partial charge in [-0.15, -0.1) is 11.3 Å². The van der Waals surface area contributed by atoms with E-state index in [4.69, 9.17) is 0 Å². The van der Waals surface area contributed by atoms with Gasteiger partial charge in [-0.3, -0.25) is 24.6 Å². The number of ketones is 1. The number of nitro groups is 1. The Hall–Kier alpha value is -4.02. The van der Waals surface area contributed by atoms with Gasteiger partial charge in [-0.1, -0.05) is 6.07 Å². The molecule has 1 atom stereocenters. The minimum atomic E-state index is -0.810. The molecule has 3 heterocycles. The molecule has 1 unspecified atom stereocenters. The van der Waals surface area contributed by atoms with Gasteiger partial charge < -0.3 is 14.9 Å². The summed E-state index contributed by atoms with van der Waals surface area (Å²) < 4.78 is 0. The smallest absolute Gasteiger partial charge is 0.300 e. The molecule has 36 heavy (non-hydrogen) atoms. The van der Waals surface area contributed by atoms with E-state index in [2.05, 4.69) is 16.8 Å². The van der Waals surface area contributed by atoms with Crippen LogP contribution in [0.5, 0.6) is 0 Å². The van der Waals surface area contributed by atoms with Gasteiger partial charge in [0.15, 0.2) is 0 Å². The second kappa shape index (κ2) is 9.56. The van der Waals surface area contributed by atoms with Crippen LogP contribution in [0.3, 0.4) is 0 Å². The molecular formula is C26H24N4O5S. The number of aliphatic hydroxyl groups is 1. The van der Waals surface area contributed by atoms with Crippen LogP contribution in [0, 0.1) is 10.1 Å². The maximum Gasteiger partial charge on any atom is 0.300 e. The standard InChI is InChI=1S/C26H24N4O5S/c1-27-12-14-28(15-13-27)18-8-10-19(11-9-18)29-23(21-3-2-16-36-21)22(25(32)26(29)33)24(31)17-4-6-20(7-5-17)30(34)35/h2-11,16,23,31H,12-15H2,1H3/b24-22-. The van der Waals surface area contributed by atoms with E-state index in [0.29, 0.717) is 5.69 Å². The molecule has 0 radical (unpaired) electrons. The third-order valence-corrected chi connectivity index (χ3v) is 7.53. The Bertz CT molecular complexity index is 1330. The van der Waals surface area contributed by atoms with E-state index in [0.717, 1.165) is 36.7 Å². The molecule has 0 spiro atoms. The highest BCUT2D eigenvalue weighted by Gasteiger charge is 2.47. The molecule has 9 nitrogen and oxygen atoms in total. The summed E-state index contributed by atoms with van der Waals surface area (Å²) in [5.74, 6) is -1.89. The summed E-state index contributed by atoms with van der Waals surface area (Å²) in [5, 5.41) is 24.0. The first kappa shape index (κ1) is 23.7. The molecule has 2 fully saturated rings. The van der Waals surface area contributed by atoms with Crippen LogP contribution in [0.15, 0.2) is 71.6 Å². The quantitative estimate of drug-likeness (QED) is 0.184. The number of rotatable bonds is 5. The monoisotopic (exact) mass is 504 g/mol. The lowest BCUT2D eigenvalue weighted by atomic mass is 9.99. The molecule has 10 heteroatoms. The number of Topliss-reactive ketones (excluding diaryl/α,β-unsaturated/α-hetero) is 1. The minimum Gasteiger partial charge on any atom is -0.507 e. The van der Waals surface area contributed by atoms with Crippen molar-refractivity contribution in [3.05, 3.63) is 92.2 Å². The topological polar surface area (TPSA) is 107 Å². The van der Waals surface area contributed by atoms with Crippen molar-refractivity contribution in [1.29, 1.82) is 0 Å². The molecule has 2 aliphatic heterocycles. The number of likely N-dealkylation sites (N-methyl/N-ethyl adjacent to an activating group) is 1. The van der Waals surface area contributed by atoms with Crippen molar-refractivity contribution < 1.29 is 19.6 Å². The summed E-state index contributed by atoms with van der Waals surface area (Å²) in [4.78, 5) is 43.6. The molecule has 2 aliphatic rings. The Kier molecular flexibility index (Phi) is 6.29. The van der Waals surface area contributed by atoms with Gasteiger partial charge in [0, 0.05) is 60.1 Å². The van der Waals surface area contributed by atoms with Gasteiger partial charge in [0.05, 0.1) is 10.5 Å². The molecule has 0 aliphatic carbocycles. The molecule has 2 aromatic carbocycles. The molecule has 2 saturated heterocycles. The number of aliphatic hydroxyl groups excluding tert-OH is 1. The molecule has 184 valence electrons. The number of carbonyl (C=O) groups is 2. The van der Waals surface area contributed by atoms with Gasteiger partial charge in [0.25, 0.3) is 17.4 Å². The van der Waals surface area contributed by atoms with Gasteiger partial charge in [-0.05, 0) is 54.9 Å². The first-order valence-corrected chi connectivity index (χ1v) is 12.4. The molecule has 3 aromatic rings. The zero-order valence-corrected chi connectivity index (χ0v) is 20.4. The van der Waals surface area contributed by atoms with Gasteiger partial charge >= 0.3 is 0 Å². The van der Waals surface area contributed by atoms with E-state index in [1.807, 2.05) is 41.8 Å². The Balaban J connectivity index is 1.53. The zero-order valence-electron chi connectivity index (χ0n) is 19.5. The predicted molar refractivity (Wildman–Crippen MR) is 138 cm³/mol. The summed E-state index contributed by atoms with van der Waals surface area (Å²) in [6, 6.07) is 15.6. The fourth-order valence-electron chi connectivity index (χ4n) is 4.60. The van der Waals surface area contributed by atoms with Gasteiger partial charge in [-0.25, -0.2) is 0 Å². The normalized spacial score (nSPS) is 20.2. The fourth-order valence-corrected chi connectivity index (χ4v) is 5.42. The number of amides is 1. The summed E-state index contributed by atoms with van der Waals surface area (Å²) in [5.41, 5.74) is 1.64. The summed E-state index contributed by atoms with van der Waals surface area (Å²) >= 11 is 1.38. The second-order valence-corrected chi connectivity index (χ2v) is 9.77. The number of non-ortho nitro benzene ring substituents is 1. The van der Waals surface area contributed by atoms with Crippen LogP contribution in [-0.4, -0.2) is 59.8 Å². The second-order valence-electron chi connectivity index (χ2n) is 8.80. The predicted octanol–water partition coefficient (Wildman–Crippen LogP) is 4.03. The van der Waals surface area contributed by atoms with Crippen LogP contribution in [0.4, 0.5) is 17.1 Å². The largest absolute Gasteiger partial charge is 0.507 e. The van der Waals surface area contributed by atoms with Gasteiger partial charge in [0.1, 0.15) is 11.8 Å². The molecule has 1 N–H and O–H groups in total. The molecule has 5 rings (SSSR count). The van der Waals surface area contributed by atoms with Crippen molar-refractivity contribution >= 4 is 45.8 Å². The Morgan fingerprint density at radius 1 is 0.972 bits per heavy atom. The van der Waals surface area contributed by atoms with Crippen LogP contribution < -0.4 is 9.80 Å². The summed E-state index contributed by atoms with van der Waals surface area (Å²) in [6.45, 7) is 3.75. The van der Waals surface area contributed by atoms with Crippen molar-refractivity contribution in [3.8, 4) is 0 Å². The number of benzene rings is 2. The lowest BCUT2D eigenvalue weighted by Crippen LogP contribution is -2.44. The number of carbonyl (C=O) groups excluding carboxylic acids is 2. The number of nitro benzene ring substituents is 1. The molecule has 1 amide bonds. The fraction of sp³-hybridized carbons (Fsp3) is 0.231. The van der Waals surface area contributed by atoms with E-state index < -0.39 is 22.7 Å². The number of piperazine rings is 1. The van der Waals surface area contributed by atoms with Crippen LogP contribution >= 0.6 is 11.3 Å². The first-order valence-electron chi connectivity index (χ1n) is 11.5. The van der Waals surface area contributed by atoms with E-state index in [1.165, 1.54) is 40.5 Å². The van der Waals surface area contributed by atoms with Crippen molar-refractivity contribution in [2.75, 3.05) is 43.0 Å². The first-order chi connectivity index (χ1) is 17.3. The third kappa shape index (κ3) is 4.25. The van der Waals surface area contributed by atoms with E-state index in [1.54, 1.807) is 0 Å². The minimum absolute atomic E-state index is 0.0422. The average molecular weight is 505 g/mol. The van der Waals surface area contributed by atoms with E-state index in [9.17, 15) is 24.8 Å². The highest BCUT2D eigenvalue weighted by Crippen LogP contribution is 2.44. The van der Waals surface area contributed by atoms with Crippen molar-refractivity contribution in [1.82, 2.24) is 4.90 Å². The van der Waals surface area contributed by atoms with Crippen molar-refractivity contribution in [2.45, 2.75) is 6.04 Å². The maximum absolute atomic E-state index is 13.3. The highest BCUT2D eigenvalue weighted by molar-refractivity contribution is 7.10. The van der Waals surface area contributed by atoms with Crippen LogP contribution in [0.1, 0.15) is 16.5 Å². The number of thiophene rings is 1. The van der Waals surface area contributed by atoms with Crippen LogP contribution in [0.25, 0.3) is 5.76 Å². The van der Waals surface area contributed by atoms with Gasteiger partial charge in [0.2, 0.25) is 0 Å². The highest BCUT2D eigenvalue weighted by atomic mass is 32.1.